The molecule has 0 aromatic heterocycles. The Labute approximate surface area is 128 Å². The third-order valence-corrected chi connectivity index (χ3v) is 3.82. The summed E-state index contributed by atoms with van der Waals surface area (Å²) in [5, 5.41) is 29.6. The van der Waals surface area contributed by atoms with Crippen LogP contribution in [0.1, 0.15) is 23.2 Å². The molecule has 7 nitrogen and oxygen atoms in total. The first-order valence-electron chi connectivity index (χ1n) is 6.61. The molecule has 1 amide bonds. The van der Waals surface area contributed by atoms with E-state index in [0.717, 1.165) is 23.1 Å². The summed E-state index contributed by atoms with van der Waals surface area (Å²) in [5.41, 5.74) is -3.61. The van der Waals surface area contributed by atoms with Gasteiger partial charge in [-0.15, -0.1) is 0 Å². The van der Waals surface area contributed by atoms with Crippen LogP contribution in [-0.4, -0.2) is 50.8 Å². The lowest BCUT2D eigenvalue weighted by Gasteiger charge is -2.39. The molecule has 1 aromatic carbocycles. The van der Waals surface area contributed by atoms with E-state index < -0.39 is 46.9 Å². The zero-order valence-electron chi connectivity index (χ0n) is 11.7. The number of carbonyl (C=O) groups excluding carboxylic acids is 1. The molecule has 0 saturated carbocycles. The molecule has 1 fully saturated rings. The maximum absolute atomic E-state index is 12.7. The number of carbonyl (C=O) groups is 1. The van der Waals surface area contributed by atoms with E-state index in [1.165, 1.54) is 0 Å². The Kier molecular flexibility index (Phi) is 4.20. The second-order valence-electron chi connectivity index (χ2n) is 5.28. The van der Waals surface area contributed by atoms with Gasteiger partial charge in [-0.25, -0.2) is 0 Å². The topological polar surface area (TPSA) is 104 Å². The quantitative estimate of drug-likeness (QED) is 0.634. The highest BCUT2D eigenvalue weighted by molar-refractivity contribution is 5.95. The zero-order chi connectivity index (χ0) is 17.4. The normalized spacial score (nSPS) is 17.8. The summed E-state index contributed by atoms with van der Waals surface area (Å²) in [4.78, 5) is 23.1. The third kappa shape index (κ3) is 3.21. The number of amides is 1. The number of benzene rings is 1. The molecule has 0 radical (unpaired) electrons. The van der Waals surface area contributed by atoms with Crippen molar-refractivity contribution in [2.75, 3.05) is 13.1 Å². The molecule has 0 aliphatic carbocycles. The molecule has 23 heavy (non-hydrogen) atoms. The van der Waals surface area contributed by atoms with Crippen LogP contribution in [0.25, 0.3) is 0 Å². The van der Waals surface area contributed by atoms with E-state index in [1.54, 1.807) is 0 Å². The number of phenolic OH excluding ortho intramolecular Hbond substituents is 1. The van der Waals surface area contributed by atoms with Crippen molar-refractivity contribution in [2.24, 2.45) is 0 Å². The lowest BCUT2D eigenvalue weighted by atomic mass is 9.90. The average Bonchev–Trinajstić information content (AvgIpc) is 2.46. The van der Waals surface area contributed by atoms with E-state index in [0.29, 0.717) is 0 Å². The van der Waals surface area contributed by atoms with Crippen LogP contribution in [-0.2, 0) is 0 Å². The number of hydrogen-bond acceptors (Lipinski definition) is 5. The zero-order valence-corrected chi connectivity index (χ0v) is 11.7. The maximum atomic E-state index is 12.7. The first-order chi connectivity index (χ1) is 10.5. The van der Waals surface area contributed by atoms with Gasteiger partial charge >= 0.3 is 11.9 Å². The van der Waals surface area contributed by atoms with Crippen LogP contribution in [0.4, 0.5) is 18.9 Å². The molecule has 0 unspecified atom stereocenters. The Bertz CT molecular complexity index is 639. The molecule has 1 aliphatic heterocycles. The van der Waals surface area contributed by atoms with Crippen molar-refractivity contribution in [3.05, 3.63) is 33.9 Å². The van der Waals surface area contributed by atoms with Crippen molar-refractivity contribution >= 4 is 11.6 Å². The largest absolute Gasteiger partial charge is 0.502 e. The number of halogens is 3. The van der Waals surface area contributed by atoms with E-state index in [-0.39, 0.29) is 18.7 Å². The van der Waals surface area contributed by atoms with Gasteiger partial charge in [-0.2, -0.15) is 13.2 Å². The van der Waals surface area contributed by atoms with Crippen molar-refractivity contribution < 1.29 is 33.1 Å². The summed E-state index contributed by atoms with van der Waals surface area (Å²) < 4.78 is 38.1. The lowest BCUT2D eigenvalue weighted by molar-refractivity contribution is -0.385. The van der Waals surface area contributed by atoms with Crippen molar-refractivity contribution in [1.29, 1.82) is 0 Å². The van der Waals surface area contributed by atoms with Crippen molar-refractivity contribution in [3.8, 4) is 5.75 Å². The SMILES string of the molecule is O=C(c1ccc(O)c([N+](=O)[O-])c1)N1CCC(O)(C(F)(F)F)CC1. The predicted octanol–water partition coefficient (Wildman–Crippen LogP) is 1.83. The first-order valence-corrected chi connectivity index (χ1v) is 6.61. The summed E-state index contributed by atoms with van der Waals surface area (Å²) in [6, 6.07) is 2.98. The smallest absolute Gasteiger partial charge is 0.417 e. The molecular formula is C13H13F3N2O5. The van der Waals surface area contributed by atoms with Crippen LogP contribution in [0.15, 0.2) is 18.2 Å². The van der Waals surface area contributed by atoms with Gasteiger partial charge in [-0.1, -0.05) is 0 Å². The van der Waals surface area contributed by atoms with E-state index >= 15 is 0 Å². The van der Waals surface area contributed by atoms with Crippen LogP contribution in [0, 0.1) is 10.1 Å². The number of nitrogens with zero attached hydrogens (tertiary/aromatic N) is 2. The number of hydrogen-bond donors (Lipinski definition) is 2. The minimum absolute atomic E-state index is 0.119. The van der Waals surface area contributed by atoms with Gasteiger partial charge in [0.25, 0.3) is 5.91 Å². The Hall–Kier alpha value is -2.36. The second-order valence-corrected chi connectivity index (χ2v) is 5.28. The standard InChI is InChI=1S/C13H13F3N2O5/c14-13(15,16)12(21)3-5-17(6-4-12)11(20)8-1-2-10(19)9(7-8)18(22)23/h1-2,7,19,21H,3-6H2. The van der Waals surface area contributed by atoms with E-state index in [2.05, 4.69) is 0 Å². The Morgan fingerprint density at radius 3 is 2.35 bits per heavy atom. The van der Waals surface area contributed by atoms with E-state index in [4.69, 9.17) is 0 Å². The van der Waals surface area contributed by atoms with Gasteiger partial charge in [0.2, 0.25) is 0 Å². The van der Waals surface area contributed by atoms with Crippen LogP contribution >= 0.6 is 0 Å². The number of aromatic hydroxyl groups is 1. The third-order valence-electron chi connectivity index (χ3n) is 3.82. The minimum atomic E-state index is -4.78. The molecule has 1 aromatic rings. The lowest BCUT2D eigenvalue weighted by Crippen LogP contribution is -2.54. The van der Waals surface area contributed by atoms with Crippen LogP contribution in [0.2, 0.25) is 0 Å². The van der Waals surface area contributed by atoms with Gasteiger partial charge in [0.1, 0.15) is 0 Å². The molecule has 126 valence electrons. The highest BCUT2D eigenvalue weighted by atomic mass is 19.4. The molecule has 1 aliphatic rings. The average molecular weight is 334 g/mol. The van der Waals surface area contributed by atoms with Gasteiger partial charge in [0.15, 0.2) is 11.4 Å². The Morgan fingerprint density at radius 1 is 1.30 bits per heavy atom. The van der Waals surface area contributed by atoms with E-state index in [9.17, 15) is 38.3 Å². The number of nitro benzene ring substituents is 1. The van der Waals surface area contributed by atoms with Gasteiger partial charge in [0.05, 0.1) is 4.92 Å². The van der Waals surface area contributed by atoms with Gasteiger partial charge in [0, 0.05) is 37.6 Å². The monoisotopic (exact) mass is 334 g/mol. The van der Waals surface area contributed by atoms with Gasteiger partial charge in [-0.05, 0) is 12.1 Å². The summed E-state index contributed by atoms with van der Waals surface area (Å²) in [5.74, 6) is -1.31. The highest BCUT2D eigenvalue weighted by Crippen LogP contribution is 2.38. The number of rotatable bonds is 2. The fourth-order valence-corrected chi connectivity index (χ4v) is 2.35. The van der Waals surface area contributed by atoms with Gasteiger partial charge < -0.3 is 15.1 Å². The molecule has 0 spiro atoms. The summed E-state index contributed by atoms with van der Waals surface area (Å²) in [7, 11) is 0. The number of aliphatic hydroxyl groups is 1. The van der Waals surface area contributed by atoms with E-state index in [1.807, 2.05) is 0 Å². The van der Waals surface area contributed by atoms with Crippen LogP contribution < -0.4 is 0 Å². The Morgan fingerprint density at radius 2 is 1.87 bits per heavy atom. The predicted molar refractivity (Wildman–Crippen MR) is 70.9 cm³/mol. The molecule has 1 saturated heterocycles. The molecule has 2 rings (SSSR count). The highest BCUT2D eigenvalue weighted by Gasteiger charge is 2.54. The second kappa shape index (κ2) is 5.69. The molecule has 0 atom stereocenters. The number of phenols is 1. The molecule has 0 bridgehead atoms. The fourth-order valence-electron chi connectivity index (χ4n) is 2.35. The number of piperidine rings is 1. The summed E-state index contributed by atoms with van der Waals surface area (Å²) in [6.45, 7) is -0.660. The van der Waals surface area contributed by atoms with Gasteiger partial charge in [-0.3, -0.25) is 14.9 Å². The number of alkyl halides is 3. The molecule has 2 N–H and O–H groups in total. The number of nitro groups is 1. The van der Waals surface area contributed by atoms with Crippen LogP contribution in [0.5, 0.6) is 5.75 Å². The summed E-state index contributed by atoms with van der Waals surface area (Å²) in [6.07, 6.45) is -6.11. The minimum Gasteiger partial charge on any atom is -0.502 e. The van der Waals surface area contributed by atoms with Crippen molar-refractivity contribution in [1.82, 2.24) is 4.90 Å². The Balaban J connectivity index is 2.15. The summed E-state index contributed by atoms with van der Waals surface area (Å²) >= 11 is 0. The first kappa shape index (κ1) is 17.0. The fraction of sp³-hybridized carbons (Fsp3) is 0.462. The molecular weight excluding hydrogens is 321 g/mol. The number of likely N-dealkylation sites (tertiary alicyclic amines) is 1. The molecule has 1 heterocycles. The van der Waals surface area contributed by atoms with Crippen LogP contribution in [0.3, 0.4) is 0 Å². The van der Waals surface area contributed by atoms with Crippen molar-refractivity contribution in [2.45, 2.75) is 24.6 Å². The maximum Gasteiger partial charge on any atom is 0.417 e. The van der Waals surface area contributed by atoms with Crippen molar-refractivity contribution in [3.63, 3.8) is 0 Å². The molecule has 10 heteroatoms.